The summed E-state index contributed by atoms with van der Waals surface area (Å²) in [4.78, 5) is 9.54. The molecule has 1 aliphatic heterocycles. The van der Waals surface area contributed by atoms with E-state index in [1.54, 1.807) is 6.20 Å². The van der Waals surface area contributed by atoms with Gasteiger partial charge in [0.2, 0.25) is 0 Å². The summed E-state index contributed by atoms with van der Waals surface area (Å²) in [7, 11) is 0. The molecule has 128 valence electrons. The lowest BCUT2D eigenvalue weighted by Crippen LogP contribution is -2.28. The molecule has 0 radical (unpaired) electrons. The van der Waals surface area contributed by atoms with E-state index in [2.05, 4.69) is 20.9 Å². The largest absolute Gasteiger partial charge is 0.503 e. The van der Waals surface area contributed by atoms with Crippen LogP contribution in [0, 0.1) is 11.6 Å². The van der Waals surface area contributed by atoms with Gasteiger partial charge in [-0.2, -0.15) is 0 Å². The molecule has 1 aromatic carbocycles. The maximum atomic E-state index is 13.9. The van der Waals surface area contributed by atoms with Crippen molar-refractivity contribution in [1.82, 2.24) is 14.9 Å². The second-order valence-electron chi connectivity index (χ2n) is 6.19. The molecular weight excluding hydrogens is 324 g/mol. The van der Waals surface area contributed by atoms with Gasteiger partial charge in [-0.15, -0.1) is 0 Å². The van der Waals surface area contributed by atoms with Crippen LogP contribution in [0.2, 0.25) is 0 Å². The van der Waals surface area contributed by atoms with Crippen molar-refractivity contribution < 1.29 is 13.9 Å². The van der Waals surface area contributed by atoms with Gasteiger partial charge in [-0.25, -0.2) is 13.8 Å². The van der Waals surface area contributed by atoms with E-state index in [1.165, 1.54) is 11.6 Å². The molecular formula is C19H17F2N3O. The van der Waals surface area contributed by atoms with Gasteiger partial charge in [0.1, 0.15) is 5.65 Å². The van der Waals surface area contributed by atoms with Gasteiger partial charge < -0.3 is 10.1 Å². The quantitative estimate of drug-likeness (QED) is 0.761. The molecule has 2 aromatic heterocycles. The maximum absolute atomic E-state index is 13.9. The lowest BCUT2D eigenvalue weighted by Gasteiger charge is -2.26. The fraction of sp³-hybridized carbons (Fsp3) is 0.211. The van der Waals surface area contributed by atoms with Gasteiger partial charge in [-0.1, -0.05) is 12.1 Å². The molecule has 6 heteroatoms. The van der Waals surface area contributed by atoms with Crippen molar-refractivity contribution in [3.05, 3.63) is 65.5 Å². The molecule has 0 amide bonds. The van der Waals surface area contributed by atoms with Gasteiger partial charge >= 0.3 is 0 Å². The Balaban J connectivity index is 1.52. The predicted molar refractivity (Wildman–Crippen MR) is 92.0 cm³/mol. The summed E-state index contributed by atoms with van der Waals surface area (Å²) in [6, 6.07) is 6.43. The number of nitrogens with zero attached hydrogens (tertiary/aromatic N) is 2. The minimum Gasteiger partial charge on any atom is -0.503 e. The summed E-state index contributed by atoms with van der Waals surface area (Å²) in [5, 5.41) is 10.5. The molecule has 0 bridgehead atoms. The summed E-state index contributed by atoms with van der Waals surface area (Å²) < 4.78 is 27.1. The van der Waals surface area contributed by atoms with Crippen LogP contribution in [0.4, 0.5) is 8.78 Å². The lowest BCUT2D eigenvalue weighted by molar-refractivity contribution is 0.286. The van der Waals surface area contributed by atoms with Crippen LogP contribution in [-0.2, 0) is 6.54 Å². The van der Waals surface area contributed by atoms with E-state index in [4.69, 9.17) is 0 Å². The average molecular weight is 341 g/mol. The number of hydrogen-bond donors (Lipinski definition) is 2. The highest BCUT2D eigenvalue weighted by atomic mass is 19.1. The highest BCUT2D eigenvalue weighted by Crippen LogP contribution is 2.29. The van der Waals surface area contributed by atoms with Crippen LogP contribution in [-0.4, -0.2) is 33.1 Å². The zero-order chi connectivity index (χ0) is 17.4. The van der Waals surface area contributed by atoms with E-state index >= 15 is 0 Å². The third-order valence-electron chi connectivity index (χ3n) is 4.63. The number of H-pyrrole nitrogens is 1. The number of fused-ring (bicyclic) bond motifs is 1. The van der Waals surface area contributed by atoms with Crippen LogP contribution in [0.1, 0.15) is 17.5 Å². The molecule has 0 atom stereocenters. The molecule has 3 aromatic rings. The summed E-state index contributed by atoms with van der Waals surface area (Å²) in [6.45, 7) is 1.76. The number of halogens is 2. The van der Waals surface area contributed by atoms with Crippen LogP contribution in [0.5, 0.6) is 5.75 Å². The number of phenolic OH excluding ortho intramolecular Hbond substituents is 1. The van der Waals surface area contributed by atoms with Gasteiger partial charge in [0, 0.05) is 48.5 Å². The summed E-state index contributed by atoms with van der Waals surface area (Å²) >= 11 is 0. The van der Waals surface area contributed by atoms with Crippen LogP contribution in [0.3, 0.4) is 0 Å². The summed E-state index contributed by atoms with van der Waals surface area (Å²) in [5.41, 5.74) is 3.54. The molecule has 4 nitrogen and oxygen atoms in total. The number of benzene rings is 1. The van der Waals surface area contributed by atoms with E-state index in [0.29, 0.717) is 18.7 Å². The van der Waals surface area contributed by atoms with Crippen molar-refractivity contribution in [3.63, 3.8) is 0 Å². The zero-order valence-electron chi connectivity index (χ0n) is 13.5. The Hall–Kier alpha value is -2.73. The number of rotatable bonds is 3. The van der Waals surface area contributed by atoms with Crippen molar-refractivity contribution in [1.29, 1.82) is 0 Å². The Kier molecular flexibility index (Phi) is 3.97. The maximum Gasteiger partial charge on any atom is 0.188 e. The van der Waals surface area contributed by atoms with E-state index in [-0.39, 0.29) is 0 Å². The molecule has 25 heavy (non-hydrogen) atoms. The van der Waals surface area contributed by atoms with Crippen molar-refractivity contribution >= 4 is 16.6 Å². The van der Waals surface area contributed by atoms with Gasteiger partial charge in [0.15, 0.2) is 17.4 Å². The van der Waals surface area contributed by atoms with Crippen molar-refractivity contribution in [2.75, 3.05) is 13.1 Å². The smallest absolute Gasteiger partial charge is 0.188 e. The second kappa shape index (κ2) is 6.29. The number of aromatic amines is 1. The molecule has 3 heterocycles. The highest BCUT2D eigenvalue weighted by molar-refractivity contribution is 5.90. The Morgan fingerprint density at radius 2 is 2.12 bits per heavy atom. The van der Waals surface area contributed by atoms with Crippen molar-refractivity contribution in [2.45, 2.75) is 13.0 Å². The number of aromatic nitrogens is 2. The van der Waals surface area contributed by atoms with E-state index < -0.39 is 17.4 Å². The molecule has 1 aliphatic rings. The van der Waals surface area contributed by atoms with E-state index in [1.807, 2.05) is 18.3 Å². The van der Waals surface area contributed by atoms with Crippen LogP contribution < -0.4 is 0 Å². The van der Waals surface area contributed by atoms with Crippen molar-refractivity contribution in [3.8, 4) is 5.75 Å². The van der Waals surface area contributed by atoms with E-state index in [9.17, 15) is 13.9 Å². The topological polar surface area (TPSA) is 52.1 Å². The second-order valence-corrected chi connectivity index (χ2v) is 6.19. The molecule has 0 aliphatic carbocycles. The average Bonchev–Trinajstić information content (AvgIpc) is 3.07. The number of nitrogens with one attached hydrogen (secondary N) is 1. The lowest BCUT2D eigenvalue weighted by atomic mass is 9.99. The third-order valence-corrected chi connectivity index (χ3v) is 4.63. The Labute approximate surface area is 143 Å². The molecule has 0 saturated carbocycles. The van der Waals surface area contributed by atoms with Gasteiger partial charge in [0.25, 0.3) is 0 Å². The minimum absolute atomic E-state index is 0.298. The molecule has 0 fully saturated rings. The number of phenols is 1. The Morgan fingerprint density at radius 3 is 2.92 bits per heavy atom. The Morgan fingerprint density at radius 1 is 1.24 bits per heavy atom. The van der Waals surface area contributed by atoms with Gasteiger partial charge in [-0.3, -0.25) is 4.90 Å². The van der Waals surface area contributed by atoms with Gasteiger partial charge in [0.05, 0.1) is 0 Å². The SMILES string of the molecule is Oc1c(F)ccc(CN2CC=C(c3c[nH]c4ncccc34)CC2)c1F. The third kappa shape index (κ3) is 2.89. The molecule has 0 saturated heterocycles. The van der Waals surface area contributed by atoms with Crippen molar-refractivity contribution in [2.24, 2.45) is 0 Å². The number of pyridine rings is 1. The zero-order valence-corrected chi connectivity index (χ0v) is 13.5. The predicted octanol–water partition coefficient (Wildman–Crippen LogP) is 3.84. The minimum atomic E-state index is -0.935. The Bertz CT molecular complexity index is 964. The van der Waals surface area contributed by atoms with Crippen LogP contribution in [0.15, 0.2) is 42.7 Å². The molecule has 4 rings (SSSR count). The first-order valence-electron chi connectivity index (χ1n) is 8.13. The van der Waals surface area contributed by atoms with E-state index in [0.717, 1.165) is 35.6 Å². The first-order chi connectivity index (χ1) is 12.1. The summed E-state index contributed by atoms with van der Waals surface area (Å²) in [6.07, 6.45) is 6.68. The fourth-order valence-corrected chi connectivity index (χ4v) is 3.27. The first kappa shape index (κ1) is 15.8. The van der Waals surface area contributed by atoms with Crippen LogP contribution >= 0.6 is 0 Å². The first-order valence-corrected chi connectivity index (χ1v) is 8.13. The van der Waals surface area contributed by atoms with Gasteiger partial charge in [-0.05, 0) is 30.2 Å². The normalized spacial score (nSPS) is 15.5. The fourth-order valence-electron chi connectivity index (χ4n) is 3.27. The number of aromatic hydroxyl groups is 1. The molecule has 2 N–H and O–H groups in total. The standard InChI is InChI=1S/C19H17F2N3O/c20-16-4-3-13(17(21)18(16)25)11-24-8-5-12(6-9-24)15-10-23-19-14(15)2-1-7-22-19/h1-5,7,10,25H,6,8-9,11H2,(H,22,23). The molecule has 0 spiro atoms. The monoisotopic (exact) mass is 341 g/mol. The number of hydrogen-bond acceptors (Lipinski definition) is 3. The molecule has 0 unspecified atom stereocenters. The highest BCUT2D eigenvalue weighted by Gasteiger charge is 2.19. The van der Waals surface area contributed by atoms with Crippen LogP contribution in [0.25, 0.3) is 16.6 Å². The summed E-state index contributed by atoms with van der Waals surface area (Å²) in [5.74, 6) is -2.72.